The van der Waals surface area contributed by atoms with Crippen molar-refractivity contribution >= 4 is 34.1 Å². The summed E-state index contributed by atoms with van der Waals surface area (Å²) in [6, 6.07) is 49.5. The highest BCUT2D eigenvalue weighted by Crippen LogP contribution is 2.38. The molecule has 0 unspecified atom stereocenters. The molecule has 6 aromatic carbocycles. The van der Waals surface area contributed by atoms with Crippen LogP contribution in [0.4, 0.5) is 42.9 Å². The Morgan fingerprint density at radius 3 is 0.975 bits per heavy atom. The standard InChI is InChI=1S/C36H26F2N2/c37-29-9-7-15-35(25-29)39(31-11-3-1-4-12-31)33-21-17-27(18-22-33)28-19-23-34(24-20-28)40(32-13-5-2-6-14-32)36-16-8-10-30(38)26-36/h1-26H. The lowest BCUT2D eigenvalue weighted by Crippen LogP contribution is -2.10. The van der Waals surface area contributed by atoms with Crippen molar-refractivity contribution in [2.45, 2.75) is 0 Å². The minimum Gasteiger partial charge on any atom is -0.310 e. The summed E-state index contributed by atoms with van der Waals surface area (Å²) >= 11 is 0. The number of rotatable bonds is 7. The molecule has 194 valence electrons. The molecule has 6 aromatic rings. The van der Waals surface area contributed by atoms with Gasteiger partial charge >= 0.3 is 0 Å². The molecule has 0 bridgehead atoms. The Balaban J connectivity index is 1.32. The Bertz CT molecular complexity index is 1570. The third-order valence-electron chi connectivity index (χ3n) is 6.75. The van der Waals surface area contributed by atoms with Crippen molar-refractivity contribution < 1.29 is 8.78 Å². The molecule has 0 N–H and O–H groups in total. The monoisotopic (exact) mass is 524 g/mol. The zero-order valence-corrected chi connectivity index (χ0v) is 21.7. The molecule has 0 aromatic heterocycles. The van der Waals surface area contributed by atoms with Crippen molar-refractivity contribution in [3.05, 3.63) is 169 Å². The number of hydrogen-bond acceptors (Lipinski definition) is 2. The highest BCUT2D eigenvalue weighted by Gasteiger charge is 2.15. The maximum Gasteiger partial charge on any atom is 0.125 e. The maximum atomic E-state index is 14.1. The summed E-state index contributed by atoms with van der Waals surface area (Å²) in [4.78, 5) is 4.07. The summed E-state index contributed by atoms with van der Waals surface area (Å²) in [6.45, 7) is 0. The molecule has 4 heteroatoms. The van der Waals surface area contributed by atoms with Crippen molar-refractivity contribution in [2.24, 2.45) is 0 Å². The Kier molecular flexibility index (Phi) is 7.06. The molecule has 0 aliphatic carbocycles. The fourth-order valence-electron chi connectivity index (χ4n) is 4.88. The Hall–Kier alpha value is -5.22. The number of anilines is 6. The first-order valence-electron chi connectivity index (χ1n) is 13.1. The molecule has 0 saturated heterocycles. The Labute approximate surface area is 233 Å². The lowest BCUT2D eigenvalue weighted by atomic mass is 10.0. The van der Waals surface area contributed by atoms with Crippen LogP contribution in [-0.4, -0.2) is 0 Å². The lowest BCUT2D eigenvalue weighted by Gasteiger charge is -2.26. The topological polar surface area (TPSA) is 6.48 Å². The molecule has 0 atom stereocenters. The second-order valence-electron chi connectivity index (χ2n) is 9.40. The molecule has 0 spiro atoms. The second kappa shape index (κ2) is 11.3. The number of para-hydroxylation sites is 2. The summed E-state index contributed by atoms with van der Waals surface area (Å²) in [7, 11) is 0. The lowest BCUT2D eigenvalue weighted by molar-refractivity contribution is 0.627. The van der Waals surface area contributed by atoms with Gasteiger partial charge in [0.15, 0.2) is 0 Å². The van der Waals surface area contributed by atoms with Crippen molar-refractivity contribution in [3.8, 4) is 11.1 Å². The number of nitrogens with zero attached hydrogens (tertiary/aromatic N) is 2. The van der Waals surface area contributed by atoms with E-state index in [2.05, 4.69) is 24.3 Å². The van der Waals surface area contributed by atoms with Crippen molar-refractivity contribution in [3.63, 3.8) is 0 Å². The van der Waals surface area contributed by atoms with E-state index in [4.69, 9.17) is 0 Å². The third kappa shape index (κ3) is 5.33. The molecule has 40 heavy (non-hydrogen) atoms. The van der Waals surface area contributed by atoms with Gasteiger partial charge in [-0.2, -0.15) is 0 Å². The van der Waals surface area contributed by atoms with Gasteiger partial charge in [0.1, 0.15) is 11.6 Å². The van der Waals surface area contributed by atoms with E-state index in [0.717, 1.165) is 45.3 Å². The van der Waals surface area contributed by atoms with Crippen LogP contribution in [0.5, 0.6) is 0 Å². The first-order chi connectivity index (χ1) is 19.7. The summed E-state index contributed by atoms with van der Waals surface area (Å²) in [5.41, 5.74) is 7.37. The van der Waals surface area contributed by atoms with Crippen molar-refractivity contribution in [1.29, 1.82) is 0 Å². The first kappa shape index (κ1) is 25.1. The van der Waals surface area contributed by atoms with Gasteiger partial charge in [-0.1, -0.05) is 72.8 Å². The van der Waals surface area contributed by atoms with Crippen LogP contribution in [0.15, 0.2) is 158 Å². The fraction of sp³-hybridized carbons (Fsp3) is 0. The van der Waals surface area contributed by atoms with Gasteiger partial charge in [-0.3, -0.25) is 0 Å². The van der Waals surface area contributed by atoms with E-state index >= 15 is 0 Å². The molecule has 0 saturated carbocycles. The van der Waals surface area contributed by atoms with Gasteiger partial charge in [0.25, 0.3) is 0 Å². The highest BCUT2D eigenvalue weighted by molar-refractivity contribution is 5.80. The molecule has 0 aliphatic rings. The third-order valence-corrected chi connectivity index (χ3v) is 6.75. The van der Waals surface area contributed by atoms with Gasteiger partial charge in [-0.15, -0.1) is 0 Å². The van der Waals surface area contributed by atoms with Crippen LogP contribution < -0.4 is 9.80 Å². The second-order valence-corrected chi connectivity index (χ2v) is 9.40. The molecule has 0 heterocycles. The van der Waals surface area contributed by atoms with E-state index in [-0.39, 0.29) is 11.6 Å². The summed E-state index contributed by atoms with van der Waals surface area (Å²) in [6.07, 6.45) is 0. The van der Waals surface area contributed by atoms with Crippen LogP contribution in [0.25, 0.3) is 11.1 Å². The quantitative estimate of drug-likeness (QED) is 0.205. The van der Waals surface area contributed by atoms with E-state index in [0.29, 0.717) is 0 Å². The summed E-state index contributed by atoms with van der Waals surface area (Å²) < 4.78 is 28.2. The van der Waals surface area contributed by atoms with Gasteiger partial charge < -0.3 is 9.80 Å². The maximum absolute atomic E-state index is 14.1. The van der Waals surface area contributed by atoms with Crippen LogP contribution in [0, 0.1) is 11.6 Å². The van der Waals surface area contributed by atoms with E-state index in [1.54, 1.807) is 12.1 Å². The van der Waals surface area contributed by atoms with Gasteiger partial charge in [-0.05, 0) is 96.1 Å². The van der Waals surface area contributed by atoms with Crippen LogP contribution in [0.1, 0.15) is 0 Å². The molecule has 0 radical (unpaired) electrons. The van der Waals surface area contributed by atoms with Crippen molar-refractivity contribution in [1.82, 2.24) is 0 Å². The van der Waals surface area contributed by atoms with E-state index in [9.17, 15) is 8.78 Å². The smallest absolute Gasteiger partial charge is 0.125 e. The minimum absolute atomic E-state index is 0.280. The Morgan fingerprint density at radius 2 is 0.625 bits per heavy atom. The number of hydrogen-bond donors (Lipinski definition) is 0. The predicted octanol–water partition coefficient (Wildman–Crippen LogP) is 10.6. The van der Waals surface area contributed by atoms with Gasteiger partial charge in [0, 0.05) is 34.1 Å². The van der Waals surface area contributed by atoms with Crippen LogP contribution in [-0.2, 0) is 0 Å². The zero-order valence-electron chi connectivity index (χ0n) is 21.7. The van der Waals surface area contributed by atoms with Gasteiger partial charge in [-0.25, -0.2) is 8.78 Å². The number of benzene rings is 6. The van der Waals surface area contributed by atoms with Crippen LogP contribution in [0.2, 0.25) is 0 Å². The fourth-order valence-corrected chi connectivity index (χ4v) is 4.88. The van der Waals surface area contributed by atoms with Crippen LogP contribution in [0.3, 0.4) is 0 Å². The summed E-state index contributed by atoms with van der Waals surface area (Å²) in [5.74, 6) is -0.559. The Morgan fingerprint density at radius 1 is 0.300 bits per heavy atom. The average Bonchev–Trinajstić information content (AvgIpc) is 3.00. The highest BCUT2D eigenvalue weighted by atomic mass is 19.1. The SMILES string of the molecule is Fc1cccc(N(c2ccccc2)c2ccc(-c3ccc(N(c4ccccc4)c4cccc(F)c4)cc3)cc2)c1. The molecule has 2 nitrogen and oxygen atoms in total. The molecule has 6 rings (SSSR count). The average molecular weight is 525 g/mol. The molecular formula is C36H26F2N2. The van der Waals surface area contributed by atoms with E-state index in [1.807, 2.05) is 107 Å². The van der Waals surface area contributed by atoms with Crippen LogP contribution >= 0.6 is 0 Å². The summed E-state index contributed by atoms with van der Waals surface area (Å²) in [5, 5.41) is 0. The zero-order chi connectivity index (χ0) is 27.3. The first-order valence-corrected chi connectivity index (χ1v) is 13.1. The minimum atomic E-state index is -0.280. The van der Waals surface area contributed by atoms with Gasteiger partial charge in [0.05, 0.1) is 0 Å². The largest absolute Gasteiger partial charge is 0.310 e. The van der Waals surface area contributed by atoms with E-state index in [1.165, 1.54) is 24.3 Å². The molecular weight excluding hydrogens is 498 g/mol. The normalized spacial score (nSPS) is 10.8. The molecule has 0 amide bonds. The predicted molar refractivity (Wildman–Crippen MR) is 161 cm³/mol. The van der Waals surface area contributed by atoms with Gasteiger partial charge in [0.2, 0.25) is 0 Å². The molecule has 0 fully saturated rings. The number of halogens is 2. The van der Waals surface area contributed by atoms with E-state index < -0.39 is 0 Å². The van der Waals surface area contributed by atoms with Crippen molar-refractivity contribution in [2.75, 3.05) is 9.80 Å². The molecule has 0 aliphatic heterocycles.